The van der Waals surface area contributed by atoms with E-state index in [0.717, 1.165) is 24.8 Å². The normalized spacial score (nSPS) is 18.3. The third kappa shape index (κ3) is 4.50. The highest BCUT2D eigenvalue weighted by Crippen LogP contribution is 2.31. The van der Waals surface area contributed by atoms with Gasteiger partial charge in [0.25, 0.3) is 0 Å². The molecule has 5 nitrogen and oxygen atoms in total. The van der Waals surface area contributed by atoms with E-state index in [1.54, 1.807) is 17.4 Å². The summed E-state index contributed by atoms with van der Waals surface area (Å²) < 4.78 is 16.7. The van der Waals surface area contributed by atoms with Crippen molar-refractivity contribution in [3.8, 4) is 0 Å². The smallest absolute Gasteiger partial charge is 0.410 e. The molecule has 22 heavy (non-hydrogen) atoms. The molecule has 1 aliphatic rings. The summed E-state index contributed by atoms with van der Waals surface area (Å²) in [6, 6.07) is 1.92. The Bertz CT molecular complexity index is 467. The predicted molar refractivity (Wildman–Crippen MR) is 83.6 cm³/mol. The van der Waals surface area contributed by atoms with Crippen LogP contribution in [-0.4, -0.2) is 35.3 Å². The highest BCUT2D eigenvalue weighted by molar-refractivity contribution is 5.68. The van der Waals surface area contributed by atoms with E-state index < -0.39 is 5.60 Å². The number of furan rings is 1. The molecular weight excluding hydrogens is 282 g/mol. The number of ether oxygens (including phenoxy) is 2. The van der Waals surface area contributed by atoms with Crippen LogP contribution in [0.25, 0.3) is 0 Å². The van der Waals surface area contributed by atoms with Gasteiger partial charge < -0.3 is 18.8 Å². The molecule has 5 heteroatoms. The second-order valence-corrected chi connectivity index (χ2v) is 6.92. The fourth-order valence-corrected chi connectivity index (χ4v) is 2.63. The summed E-state index contributed by atoms with van der Waals surface area (Å²) in [7, 11) is 0. The van der Waals surface area contributed by atoms with Crippen LogP contribution in [0.5, 0.6) is 0 Å². The monoisotopic (exact) mass is 309 g/mol. The number of likely N-dealkylation sites (tertiary alicyclic amines) is 1. The van der Waals surface area contributed by atoms with Crippen molar-refractivity contribution in [3.63, 3.8) is 0 Å². The van der Waals surface area contributed by atoms with E-state index in [4.69, 9.17) is 13.9 Å². The van der Waals surface area contributed by atoms with Crippen molar-refractivity contribution in [3.05, 3.63) is 24.2 Å². The fourth-order valence-electron chi connectivity index (χ4n) is 2.63. The summed E-state index contributed by atoms with van der Waals surface area (Å²) in [5.41, 5.74) is 0.437. The van der Waals surface area contributed by atoms with Gasteiger partial charge in [-0.05, 0) is 46.1 Å². The zero-order valence-corrected chi connectivity index (χ0v) is 14.1. The minimum atomic E-state index is -0.450. The summed E-state index contributed by atoms with van der Waals surface area (Å²) in [5, 5.41) is 0. The second kappa shape index (κ2) is 6.73. The number of piperidine rings is 1. The average Bonchev–Trinajstić information content (AvgIpc) is 2.97. The molecule has 1 aromatic rings. The first-order chi connectivity index (χ1) is 10.3. The summed E-state index contributed by atoms with van der Waals surface area (Å²) in [6.07, 6.45) is 5.74. The van der Waals surface area contributed by atoms with Crippen molar-refractivity contribution in [1.29, 1.82) is 0 Å². The number of nitrogens with zero attached hydrogens (tertiary/aromatic N) is 1. The molecule has 2 heterocycles. The van der Waals surface area contributed by atoms with E-state index in [0.29, 0.717) is 19.7 Å². The molecule has 0 unspecified atom stereocenters. The molecule has 0 atom stereocenters. The minimum absolute atomic E-state index is 0.157. The number of carbonyl (C=O) groups is 1. The summed E-state index contributed by atoms with van der Waals surface area (Å²) in [6.45, 7) is 9.70. The number of hydrogen-bond donors (Lipinski definition) is 0. The Morgan fingerprint density at radius 3 is 2.55 bits per heavy atom. The van der Waals surface area contributed by atoms with Crippen molar-refractivity contribution < 1.29 is 18.7 Å². The minimum Gasteiger partial charge on any atom is -0.472 e. The summed E-state index contributed by atoms with van der Waals surface area (Å²) >= 11 is 0. The molecule has 124 valence electrons. The van der Waals surface area contributed by atoms with E-state index in [-0.39, 0.29) is 11.7 Å². The summed E-state index contributed by atoms with van der Waals surface area (Å²) in [5.74, 6) is 0. The predicted octanol–water partition coefficient (Wildman–Crippen LogP) is 3.98. The molecule has 1 aliphatic heterocycles. The van der Waals surface area contributed by atoms with Gasteiger partial charge in [-0.25, -0.2) is 4.79 Å². The van der Waals surface area contributed by atoms with E-state index in [1.807, 2.05) is 26.8 Å². The SMILES string of the molecule is CCC1(OCc2ccoc2)CCN(C(=O)OC(C)(C)C)CC1. The zero-order chi connectivity index (χ0) is 16.2. The molecule has 1 amide bonds. The van der Waals surface area contributed by atoms with Crippen molar-refractivity contribution in [1.82, 2.24) is 4.90 Å². The Hall–Kier alpha value is -1.49. The van der Waals surface area contributed by atoms with Crippen LogP contribution in [0.1, 0.15) is 52.5 Å². The standard InChI is InChI=1S/C17H27NO4/c1-5-17(21-13-14-6-11-20-12-14)7-9-18(10-8-17)15(19)22-16(2,3)4/h6,11-12H,5,7-10,13H2,1-4H3. The van der Waals surface area contributed by atoms with Crippen molar-refractivity contribution in [2.24, 2.45) is 0 Å². The molecule has 1 aromatic heterocycles. The van der Waals surface area contributed by atoms with Gasteiger partial charge in [0.15, 0.2) is 0 Å². The van der Waals surface area contributed by atoms with Crippen LogP contribution in [0.4, 0.5) is 4.79 Å². The lowest BCUT2D eigenvalue weighted by Gasteiger charge is -2.41. The maximum Gasteiger partial charge on any atom is 0.410 e. The largest absolute Gasteiger partial charge is 0.472 e. The maximum atomic E-state index is 12.1. The molecule has 0 N–H and O–H groups in total. The van der Waals surface area contributed by atoms with E-state index in [2.05, 4.69) is 6.92 Å². The number of hydrogen-bond acceptors (Lipinski definition) is 4. The highest BCUT2D eigenvalue weighted by atomic mass is 16.6. The number of amides is 1. The van der Waals surface area contributed by atoms with Gasteiger partial charge >= 0.3 is 6.09 Å². The second-order valence-electron chi connectivity index (χ2n) is 6.92. The zero-order valence-electron chi connectivity index (χ0n) is 14.1. The molecule has 0 spiro atoms. The molecule has 0 bridgehead atoms. The Morgan fingerprint density at radius 1 is 1.36 bits per heavy atom. The van der Waals surface area contributed by atoms with Crippen LogP contribution >= 0.6 is 0 Å². The topological polar surface area (TPSA) is 51.9 Å². The van der Waals surface area contributed by atoms with Gasteiger partial charge in [0, 0.05) is 18.7 Å². The van der Waals surface area contributed by atoms with Gasteiger partial charge in [-0.15, -0.1) is 0 Å². The van der Waals surface area contributed by atoms with Gasteiger partial charge in [-0.1, -0.05) is 6.92 Å². The number of rotatable bonds is 4. The van der Waals surface area contributed by atoms with Crippen LogP contribution in [0, 0.1) is 0 Å². The molecular formula is C17H27NO4. The molecule has 0 saturated carbocycles. The fraction of sp³-hybridized carbons (Fsp3) is 0.706. The van der Waals surface area contributed by atoms with E-state index in [9.17, 15) is 4.79 Å². The van der Waals surface area contributed by atoms with Crippen LogP contribution in [-0.2, 0) is 16.1 Å². The Balaban J connectivity index is 1.86. The third-order valence-electron chi connectivity index (χ3n) is 4.10. The van der Waals surface area contributed by atoms with Gasteiger partial charge in [-0.3, -0.25) is 0 Å². The average molecular weight is 309 g/mol. The van der Waals surface area contributed by atoms with Crippen LogP contribution < -0.4 is 0 Å². The Morgan fingerprint density at radius 2 is 2.05 bits per heavy atom. The Kier molecular flexibility index (Phi) is 5.16. The quantitative estimate of drug-likeness (QED) is 0.844. The van der Waals surface area contributed by atoms with E-state index >= 15 is 0 Å². The summed E-state index contributed by atoms with van der Waals surface area (Å²) in [4.78, 5) is 13.9. The lowest BCUT2D eigenvalue weighted by molar-refractivity contribution is -0.0955. The van der Waals surface area contributed by atoms with Crippen LogP contribution in [0.15, 0.2) is 23.0 Å². The first-order valence-electron chi connectivity index (χ1n) is 7.96. The first kappa shape index (κ1) is 16.9. The van der Waals surface area contributed by atoms with Crippen LogP contribution in [0.2, 0.25) is 0 Å². The molecule has 1 fully saturated rings. The molecule has 0 radical (unpaired) electrons. The van der Waals surface area contributed by atoms with Crippen molar-refractivity contribution >= 4 is 6.09 Å². The lowest BCUT2D eigenvalue weighted by Crippen LogP contribution is -2.49. The first-order valence-corrected chi connectivity index (χ1v) is 7.96. The van der Waals surface area contributed by atoms with Crippen molar-refractivity contribution in [2.45, 2.75) is 64.8 Å². The molecule has 0 aromatic carbocycles. The van der Waals surface area contributed by atoms with Gasteiger partial charge in [0.05, 0.1) is 24.7 Å². The van der Waals surface area contributed by atoms with Crippen LogP contribution in [0.3, 0.4) is 0 Å². The van der Waals surface area contributed by atoms with Gasteiger partial charge in [-0.2, -0.15) is 0 Å². The lowest BCUT2D eigenvalue weighted by atomic mass is 9.88. The van der Waals surface area contributed by atoms with Gasteiger partial charge in [0.2, 0.25) is 0 Å². The molecule has 1 saturated heterocycles. The third-order valence-corrected chi connectivity index (χ3v) is 4.10. The van der Waals surface area contributed by atoms with E-state index in [1.165, 1.54) is 0 Å². The van der Waals surface area contributed by atoms with Gasteiger partial charge in [0.1, 0.15) is 5.60 Å². The maximum absolute atomic E-state index is 12.1. The highest BCUT2D eigenvalue weighted by Gasteiger charge is 2.36. The number of carbonyl (C=O) groups excluding carboxylic acids is 1. The molecule has 2 rings (SSSR count). The molecule has 0 aliphatic carbocycles. The van der Waals surface area contributed by atoms with Crippen molar-refractivity contribution in [2.75, 3.05) is 13.1 Å². The Labute approximate surface area is 132 Å².